The number of rotatable bonds is 3. The summed E-state index contributed by atoms with van der Waals surface area (Å²) in [5.41, 5.74) is 7.05. The number of hydrogen-bond donors (Lipinski definition) is 1. The Hall–Kier alpha value is -1.20. The summed E-state index contributed by atoms with van der Waals surface area (Å²) in [5.74, 6) is 0.877. The number of hydrogen-bond acceptors (Lipinski definition) is 5. The van der Waals surface area contributed by atoms with E-state index in [1.807, 2.05) is 0 Å². The summed E-state index contributed by atoms with van der Waals surface area (Å²) in [7, 11) is 1.59. The molecule has 2 saturated heterocycles. The molecule has 92 valence electrons. The van der Waals surface area contributed by atoms with Gasteiger partial charge in [0.25, 0.3) is 0 Å². The molecule has 2 N–H and O–H groups in total. The molecule has 0 aromatic carbocycles. The first kappa shape index (κ1) is 10.9. The Morgan fingerprint density at radius 2 is 2.24 bits per heavy atom. The van der Waals surface area contributed by atoms with Gasteiger partial charge in [-0.1, -0.05) is 0 Å². The molecule has 0 amide bonds. The van der Waals surface area contributed by atoms with E-state index in [2.05, 4.69) is 9.97 Å². The highest BCUT2D eigenvalue weighted by Gasteiger charge is 2.44. The smallest absolute Gasteiger partial charge is 0.237 e. The van der Waals surface area contributed by atoms with Crippen molar-refractivity contribution >= 4 is 0 Å². The molecule has 1 aromatic heterocycles. The molecule has 17 heavy (non-hydrogen) atoms. The van der Waals surface area contributed by atoms with E-state index in [0.717, 1.165) is 18.5 Å². The van der Waals surface area contributed by atoms with Crippen LogP contribution in [0.15, 0.2) is 12.4 Å². The quantitative estimate of drug-likeness (QED) is 0.848. The lowest BCUT2D eigenvalue weighted by Gasteiger charge is -2.25. The van der Waals surface area contributed by atoms with Crippen molar-refractivity contribution in [3.05, 3.63) is 18.1 Å². The van der Waals surface area contributed by atoms with Gasteiger partial charge in [0, 0.05) is 18.3 Å². The third-order valence-corrected chi connectivity index (χ3v) is 3.81. The second kappa shape index (κ2) is 4.23. The first-order valence-electron chi connectivity index (χ1n) is 6.05. The van der Waals surface area contributed by atoms with Crippen LogP contribution >= 0.6 is 0 Å². The van der Waals surface area contributed by atoms with Crippen molar-refractivity contribution in [2.75, 3.05) is 7.11 Å². The number of nitrogens with two attached hydrogens (primary N) is 1. The number of aromatic nitrogens is 2. The molecule has 5 heteroatoms. The maximum Gasteiger partial charge on any atom is 0.237 e. The Labute approximate surface area is 100 Å². The minimum absolute atomic E-state index is 0.144. The van der Waals surface area contributed by atoms with Crippen molar-refractivity contribution in [2.24, 2.45) is 11.7 Å². The lowest BCUT2D eigenvalue weighted by molar-refractivity contribution is 0.0880. The van der Waals surface area contributed by atoms with Crippen LogP contribution in [0.2, 0.25) is 0 Å². The first-order valence-corrected chi connectivity index (χ1v) is 6.05. The summed E-state index contributed by atoms with van der Waals surface area (Å²) in [6.45, 7) is 0. The molecule has 0 radical (unpaired) electrons. The molecule has 2 fully saturated rings. The van der Waals surface area contributed by atoms with E-state index in [9.17, 15) is 0 Å². The molecule has 0 saturated carbocycles. The van der Waals surface area contributed by atoms with Crippen molar-refractivity contribution in [1.29, 1.82) is 0 Å². The normalized spacial score (nSPS) is 32.7. The van der Waals surface area contributed by atoms with Crippen LogP contribution in [0.4, 0.5) is 0 Å². The number of methoxy groups -OCH3 is 1. The average molecular weight is 235 g/mol. The summed E-state index contributed by atoms with van der Waals surface area (Å²) < 4.78 is 11.0. The van der Waals surface area contributed by atoms with Gasteiger partial charge in [0.2, 0.25) is 5.88 Å². The third kappa shape index (κ3) is 1.79. The van der Waals surface area contributed by atoms with Crippen LogP contribution < -0.4 is 10.5 Å². The molecular weight excluding hydrogens is 218 g/mol. The summed E-state index contributed by atoms with van der Waals surface area (Å²) in [6, 6.07) is -0.144. The largest absolute Gasteiger partial charge is 0.480 e. The summed E-state index contributed by atoms with van der Waals surface area (Å²) in [5, 5.41) is 0. The van der Waals surface area contributed by atoms with Gasteiger partial charge in [0.1, 0.15) is 5.69 Å². The Kier molecular flexibility index (Phi) is 2.72. The molecule has 2 bridgehead atoms. The highest BCUT2D eigenvalue weighted by atomic mass is 16.5. The highest BCUT2D eigenvalue weighted by molar-refractivity contribution is 5.22. The Bertz CT molecular complexity index is 412. The van der Waals surface area contributed by atoms with Crippen LogP contribution in [0, 0.1) is 5.92 Å². The van der Waals surface area contributed by atoms with Crippen LogP contribution in [0.5, 0.6) is 5.88 Å². The van der Waals surface area contributed by atoms with Crippen LogP contribution in [-0.4, -0.2) is 29.3 Å². The highest BCUT2D eigenvalue weighted by Crippen LogP contribution is 2.44. The maximum atomic E-state index is 6.30. The molecule has 1 aromatic rings. The monoisotopic (exact) mass is 235 g/mol. The second-order valence-corrected chi connectivity index (χ2v) is 4.75. The topological polar surface area (TPSA) is 70.3 Å². The van der Waals surface area contributed by atoms with Crippen LogP contribution in [0.25, 0.3) is 0 Å². The second-order valence-electron chi connectivity index (χ2n) is 4.75. The summed E-state index contributed by atoms with van der Waals surface area (Å²) in [6.07, 6.45) is 7.29. The average Bonchev–Trinajstić information content (AvgIpc) is 3.00. The number of fused-ring (bicyclic) bond motifs is 2. The van der Waals surface area contributed by atoms with Crippen LogP contribution in [0.3, 0.4) is 0 Å². The van der Waals surface area contributed by atoms with Gasteiger partial charge in [-0.3, -0.25) is 4.98 Å². The van der Waals surface area contributed by atoms with E-state index < -0.39 is 0 Å². The van der Waals surface area contributed by atoms with E-state index >= 15 is 0 Å². The maximum absolute atomic E-state index is 6.30. The fourth-order valence-corrected chi connectivity index (χ4v) is 2.98. The van der Waals surface area contributed by atoms with Gasteiger partial charge >= 0.3 is 0 Å². The Morgan fingerprint density at radius 1 is 1.41 bits per heavy atom. The third-order valence-electron chi connectivity index (χ3n) is 3.81. The number of nitrogens with zero attached hydrogens (tertiary/aromatic N) is 2. The van der Waals surface area contributed by atoms with Gasteiger partial charge < -0.3 is 15.2 Å². The molecule has 4 atom stereocenters. The first-order chi connectivity index (χ1) is 8.29. The standard InChI is InChI=1S/C12H17N3O2/c1-16-12-11(14-4-5-15-12)10(13)8-6-7-2-3-9(8)17-7/h4-5,7-10H,2-3,6,13H2,1H3. The predicted octanol–water partition coefficient (Wildman–Crippen LogP) is 1.05. The molecule has 5 nitrogen and oxygen atoms in total. The zero-order chi connectivity index (χ0) is 11.8. The van der Waals surface area contributed by atoms with Crippen molar-refractivity contribution in [3.63, 3.8) is 0 Å². The molecular formula is C12H17N3O2. The molecule has 3 rings (SSSR count). The van der Waals surface area contributed by atoms with Crippen molar-refractivity contribution < 1.29 is 9.47 Å². The van der Waals surface area contributed by atoms with Gasteiger partial charge in [-0.05, 0) is 19.3 Å². The van der Waals surface area contributed by atoms with Crippen molar-refractivity contribution in [3.8, 4) is 5.88 Å². The number of ether oxygens (including phenoxy) is 2. The molecule has 3 heterocycles. The van der Waals surface area contributed by atoms with Crippen LogP contribution in [0.1, 0.15) is 31.0 Å². The zero-order valence-electron chi connectivity index (χ0n) is 9.87. The fraction of sp³-hybridized carbons (Fsp3) is 0.667. The minimum atomic E-state index is -0.144. The Morgan fingerprint density at radius 3 is 2.88 bits per heavy atom. The van der Waals surface area contributed by atoms with Gasteiger partial charge in [0.05, 0.1) is 25.4 Å². The Balaban J connectivity index is 1.84. The summed E-state index contributed by atoms with van der Waals surface area (Å²) in [4.78, 5) is 8.46. The van der Waals surface area contributed by atoms with E-state index in [-0.39, 0.29) is 6.04 Å². The van der Waals surface area contributed by atoms with Gasteiger partial charge in [0.15, 0.2) is 0 Å². The molecule has 0 spiro atoms. The van der Waals surface area contributed by atoms with E-state index in [4.69, 9.17) is 15.2 Å². The van der Waals surface area contributed by atoms with E-state index in [1.54, 1.807) is 19.5 Å². The fourth-order valence-electron chi connectivity index (χ4n) is 2.98. The lowest BCUT2D eigenvalue weighted by Crippen LogP contribution is -2.30. The lowest BCUT2D eigenvalue weighted by atomic mass is 9.83. The predicted molar refractivity (Wildman–Crippen MR) is 61.5 cm³/mol. The van der Waals surface area contributed by atoms with E-state index in [0.29, 0.717) is 24.0 Å². The van der Waals surface area contributed by atoms with Gasteiger partial charge in [-0.2, -0.15) is 0 Å². The van der Waals surface area contributed by atoms with Crippen molar-refractivity contribution in [1.82, 2.24) is 9.97 Å². The van der Waals surface area contributed by atoms with Gasteiger partial charge in [-0.25, -0.2) is 4.98 Å². The molecule has 2 aliphatic heterocycles. The van der Waals surface area contributed by atoms with Crippen LogP contribution in [-0.2, 0) is 4.74 Å². The van der Waals surface area contributed by atoms with Gasteiger partial charge in [-0.15, -0.1) is 0 Å². The SMILES string of the molecule is COc1nccnc1C(N)C1CC2CCC1O2. The van der Waals surface area contributed by atoms with E-state index in [1.165, 1.54) is 6.42 Å². The molecule has 2 aliphatic rings. The molecule has 0 aliphatic carbocycles. The minimum Gasteiger partial charge on any atom is -0.480 e. The summed E-state index contributed by atoms with van der Waals surface area (Å²) >= 11 is 0. The van der Waals surface area contributed by atoms with Crippen molar-refractivity contribution in [2.45, 2.75) is 37.5 Å². The zero-order valence-corrected chi connectivity index (χ0v) is 9.87. The molecule has 4 unspecified atom stereocenters.